The van der Waals surface area contributed by atoms with Crippen molar-refractivity contribution >= 4 is 11.8 Å². The highest BCUT2D eigenvalue weighted by Crippen LogP contribution is 2.23. The van der Waals surface area contributed by atoms with Crippen molar-refractivity contribution in [1.82, 2.24) is 4.98 Å². The van der Waals surface area contributed by atoms with Gasteiger partial charge < -0.3 is 9.84 Å². The lowest BCUT2D eigenvalue weighted by atomic mass is 10.1. The molecule has 2 rings (SSSR count). The molecular formula is C17H18N2O2S. The number of aryl methyl sites for hydroxylation is 2. The molecule has 1 aromatic carbocycles. The van der Waals surface area contributed by atoms with Gasteiger partial charge in [-0.15, -0.1) is 11.8 Å². The number of nitriles is 1. The summed E-state index contributed by atoms with van der Waals surface area (Å²) in [5, 5.41) is 19.6. The van der Waals surface area contributed by atoms with Crippen LogP contribution in [0.2, 0.25) is 0 Å². The summed E-state index contributed by atoms with van der Waals surface area (Å²) in [6.45, 7) is 4.21. The van der Waals surface area contributed by atoms with Crippen molar-refractivity contribution in [2.75, 3.05) is 12.4 Å². The molecular weight excluding hydrogens is 296 g/mol. The van der Waals surface area contributed by atoms with Gasteiger partial charge in [0.05, 0.1) is 22.8 Å². The molecule has 4 nitrogen and oxygen atoms in total. The van der Waals surface area contributed by atoms with Gasteiger partial charge in [0.2, 0.25) is 0 Å². The van der Waals surface area contributed by atoms with Crippen LogP contribution < -0.4 is 4.74 Å². The van der Waals surface area contributed by atoms with Gasteiger partial charge in [-0.2, -0.15) is 5.26 Å². The number of para-hydroxylation sites is 1. The third-order valence-electron chi connectivity index (χ3n) is 3.12. The molecule has 0 fully saturated rings. The van der Waals surface area contributed by atoms with E-state index in [1.165, 1.54) is 11.8 Å². The van der Waals surface area contributed by atoms with E-state index in [1.807, 2.05) is 32.0 Å². The Kier molecular flexibility index (Phi) is 5.82. The van der Waals surface area contributed by atoms with Crippen LogP contribution in [0.5, 0.6) is 5.75 Å². The van der Waals surface area contributed by atoms with Gasteiger partial charge in [0, 0.05) is 11.9 Å². The molecule has 1 heterocycles. The minimum Gasteiger partial charge on any atom is -0.490 e. The van der Waals surface area contributed by atoms with Crippen molar-refractivity contribution in [3.05, 3.63) is 53.2 Å². The predicted octanol–water partition coefficient (Wildman–Crippen LogP) is 3.10. The monoisotopic (exact) mass is 314 g/mol. The first kappa shape index (κ1) is 16.3. The summed E-state index contributed by atoms with van der Waals surface area (Å²) in [5.41, 5.74) is 2.69. The lowest BCUT2D eigenvalue weighted by Crippen LogP contribution is -2.20. The summed E-state index contributed by atoms with van der Waals surface area (Å²) >= 11 is 1.41. The van der Waals surface area contributed by atoms with E-state index < -0.39 is 6.10 Å². The number of aliphatic hydroxyl groups excluding tert-OH is 1. The maximum absolute atomic E-state index is 10.0. The van der Waals surface area contributed by atoms with Gasteiger partial charge in [0.25, 0.3) is 0 Å². The first-order chi connectivity index (χ1) is 10.6. The highest BCUT2D eigenvalue weighted by atomic mass is 32.2. The Morgan fingerprint density at radius 3 is 2.73 bits per heavy atom. The van der Waals surface area contributed by atoms with E-state index in [4.69, 9.17) is 10.00 Å². The van der Waals surface area contributed by atoms with Gasteiger partial charge in [0.15, 0.2) is 0 Å². The Morgan fingerprint density at radius 1 is 1.32 bits per heavy atom. The molecule has 2 aromatic rings. The van der Waals surface area contributed by atoms with Crippen LogP contribution in [0.4, 0.5) is 0 Å². The SMILES string of the molecule is Cc1cccc(C)c1OCC(O)CSc1cc(C#N)ccn1. The summed E-state index contributed by atoms with van der Waals surface area (Å²) < 4.78 is 5.73. The number of rotatable bonds is 6. The lowest BCUT2D eigenvalue weighted by Gasteiger charge is -2.15. The molecule has 1 N–H and O–H groups in total. The van der Waals surface area contributed by atoms with Crippen LogP contribution in [0, 0.1) is 25.2 Å². The molecule has 0 saturated heterocycles. The van der Waals surface area contributed by atoms with Crippen molar-refractivity contribution in [3.63, 3.8) is 0 Å². The maximum Gasteiger partial charge on any atom is 0.125 e. The molecule has 1 atom stereocenters. The molecule has 0 aliphatic rings. The molecule has 0 aliphatic heterocycles. The first-order valence-electron chi connectivity index (χ1n) is 6.96. The predicted molar refractivity (Wildman–Crippen MR) is 87.1 cm³/mol. The Labute approximate surface area is 134 Å². The second kappa shape index (κ2) is 7.83. The average molecular weight is 314 g/mol. The summed E-state index contributed by atoms with van der Waals surface area (Å²) in [5.74, 6) is 1.29. The maximum atomic E-state index is 10.0. The second-order valence-corrected chi connectivity index (χ2v) is 6.03. The molecule has 0 saturated carbocycles. The van der Waals surface area contributed by atoms with E-state index in [2.05, 4.69) is 11.1 Å². The fraction of sp³-hybridized carbons (Fsp3) is 0.294. The number of hydrogen-bond donors (Lipinski definition) is 1. The lowest BCUT2D eigenvalue weighted by molar-refractivity contribution is 0.125. The number of ether oxygens (including phenoxy) is 1. The topological polar surface area (TPSA) is 66.1 Å². The third kappa shape index (κ3) is 4.48. The molecule has 0 radical (unpaired) electrons. The van der Waals surface area contributed by atoms with E-state index >= 15 is 0 Å². The molecule has 0 aliphatic carbocycles. The standard InChI is InChI=1S/C17H18N2O2S/c1-12-4-3-5-13(2)17(12)21-10-15(20)11-22-16-8-14(9-18)6-7-19-16/h3-8,15,20H,10-11H2,1-2H3. The van der Waals surface area contributed by atoms with Crippen LogP contribution in [0.25, 0.3) is 0 Å². The molecule has 0 spiro atoms. The van der Waals surface area contributed by atoms with E-state index in [9.17, 15) is 5.11 Å². The van der Waals surface area contributed by atoms with E-state index in [1.54, 1.807) is 18.3 Å². The zero-order chi connectivity index (χ0) is 15.9. The van der Waals surface area contributed by atoms with Crippen LogP contribution in [-0.2, 0) is 0 Å². The van der Waals surface area contributed by atoms with Crippen molar-refractivity contribution in [3.8, 4) is 11.8 Å². The second-order valence-electron chi connectivity index (χ2n) is 4.99. The van der Waals surface area contributed by atoms with Crippen molar-refractivity contribution < 1.29 is 9.84 Å². The molecule has 114 valence electrons. The van der Waals surface area contributed by atoms with Crippen molar-refractivity contribution in [1.29, 1.82) is 5.26 Å². The van der Waals surface area contributed by atoms with E-state index in [-0.39, 0.29) is 6.61 Å². The number of thioether (sulfide) groups is 1. The molecule has 1 unspecified atom stereocenters. The summed E-state index contributed by atoms with van der Waals surface area (Å²) in [6.07, 6.45) is 0.997. The van der Waals surface area contributed by atoms with Gasteiger partial charge in [-0.25, -0.2) is 4.98 Å². The zero-order valence-electron chi connectivity index (χ0n) is 12.6. The fourth-order valence-corrected chi connectivity index (χ4v) is 2.80. The van der Waals surface area contributed by atoms with Gasteiger partial charge in [-0.05, 0) is 37.1 Å². The normalized spacial score (nSPS) is 11.7. The zero-order valence-corrected chi connectivity index (χ0v) is 13.4. The Hall–Kier alpha value is -2.03. The highest BCUT2D eigenvalue weighted by Gasteiger charge is 2.10. The molecule has 0 bridgehead atoms. The Balaban J connectivity index is 1.86. The van der Waals surface area contributed by atoms with E-state index in [0.717, 1.165) is 21.9 Å². The Morgan fingerprint density at radius 2 is 2.05 bits per heavy atom. The fourth-order valence-electron chi connectivity index (χ4n) is 1.99. The highest BCUT2D eigenvalue weighted by molar-refractivity contribution is 7.99. The van der Waals surface area contributed by atoms with Gasteiger partial charge in [0.1, 0.15) is 12.4 Å². The van der Waals surface area contributed by atoms with Crippen molar-refractivity contribution in [2.45, 2.75) is 25.0 Å². The first-order valence-corrected chi connectivity index (χ1v) is 7.94. The third-order valence-corrected chi connectivity index (χ3v) is 4.19. The number of aliphatic hydroxyl groups is 1. The number of nitrogens with zero attached hydrogens (tertiary/aromatic N) is 2. The summed E-state index contributed by atoms with van der Waals surface area (Å²) in [7, 11) is 0. The largest absolute Gasteiger partial charge is 0.490 e. The molecule has 1 aromatic heterocycles. The van der Waals surface area contributed by atoms with Crippen LogP contribution in [0.15, 0.2) is 41.6 Å². The van der Waals surface area contributed by atoms with Crippen LogP contribution in [-0.4, -0.2) is 28.6 Å². The molecule has 22 heavy (non-hydrogen) atoms. The van der Waals surface area contributed by atoms with Gasteiger partial charge in [-0.1, -0.05) is 18.2 Å². The number of hydrogen-bond acceptors (Lipinski definition) is 5. The van der Waals surface area contributed by atoms with Crippen LogP contribution in [0.3, 0.4) is 0 Å². The Bertz CT molecular complexity index is 662. The van der Waals surface area contributed by atoms with Gasteiger partial charge >= 0.3 is 0 Å². The minimum absolute atomic E-state index is 0.233. The molecule has 0 amide bonds. The van der Waals surface area contributed by atoms with Crippen LogP contribution in [0.1, 0.15) is 16.7 Å². The average Bonchev–Trinajstić information content (AvgIpc) is 2.52. The minimum atomic E-state index is -0.600. The molecule has 5 heteroatoms. The van der Waals surface area contributed by atoms with Crippen molar-refractivity contribution in [2.24, 2.45) is 0 Å². The number of benzene rings is 1. The van der Waals surface area contributed by atoms with Gasteiger partial charge in [-0.3, -0.25) is 0 Å². The van der Waals surface area contributed by atoms with E-state index in [0.29, 0.717) is 11.3 Å². The quantitative estimate of drug-likeness (QED) is 0.830. The number of aromatic nitrogens is 1. The van der Waals surface area contributed by atoms with Crippen LogP contribution >= 0.6 is 11.8 Å². The number of pyridine rings is 1. The smallest absolute Gasteiger partial charge is 0.125 e. The summed E-state index contributed by atoms with van der Waals surface area (Å²) in [6, 6.07) is 11.4. The summed E-state index contributed by atoms with van der Waals surface area (Å²) in [4.78, 5) is 4.17.